The molecule has 144 valence electrons. The summed E-state index contributed by atoms with van der Waals surface area (Å²) < 4.78 is 9.22. The first-order valence-corrected chi connectivity index (χ1v) is 8.76. The van der Waals surface area contributed by atoms with Crippen LogP contribution in [-0.4, -0.2) is 64.6 Å². The predicted octanol–water partition coefficient (Wildman–Crippen LogP) is -0.541. The zero-order valence-electron chi connectivity index (χ0n) is 14.5. The average Bonchev–Trinajstić information content (AvgIpc) is 3.38. The lowest BCUT2D eigenvalue weighted by Gasteiger charge is -2.14. The molecule has 27 heavy (non-hydrogen) atoms. The second-order valence-corrected chi connectivity index (χ2v) is 6.43. The molecule has 1 saturated heterocycles. The van der Waals surface area contributed by atoms with E-state index < -0.39 is 18.4 Å². The van der Waals surface area contributed by atoms with E-state index in [1.165, 1.54) is 6.33 Å². The lowest BCUT2D eigenvalue weighted by Crippen LogP contribution is -2.24. The van der Waals surface area contributed by atoms with Crippen LogP contribution in [0.1, 0.15) is 19.1 Å². The molecule has 4 heterocycles. The minimum atomic E-state index is -0.778. The Hall–Kier alpha value is -2.76. The first kappa shape index (κ1) is 17.6. The summed E-state index contributed by atoms with van der Waals surface area (Å²) in [4.78, 5) is 27.5. The van der Waals surface area contributed by atoms with Crippen LogP contribution in [0.25, 0.3) is 11.2 Å². The van der Waals surface area contributed by atoms with Crippen LogP contribution >= 0.6 is 0 Å². The van der Waals surface area contributed by atoms with Crippen molar-refractivity contribution in [1.82, 2.24) is 29.1 Å². The quantitative estimate of drug-likeness (QED) is 0.403. The van der Waals surface area contributed by atoms with Crippen molar-refractivity contribution in [2.24, 2.45) is 0 Å². The Morgan fingerprint density at radius 3 is 3.04 bits per heavy atom. The Bertz CT molecular complexity index is 951. The Morgan fingerprint density at radius 1 is 1.41 bits per heavy atom. The standard InChI is InChI=1S/C16H21N7O4/c24-7-11-10(25)6-12(27-11)23-9-19-13-14(23)20-16(21-15(13)26)18-2-1-4-22-5-3-17-8-22/h3,5,8-12,24-25H,1-2,4,6-7H2,(H2,18,20,21,26)/t10?,11-,12-/m1/s1. The highest BCUT2D eigenvalue weighted by molar-refractivity contribution is 5.70. The number of aliphatic hydroxyl groups is 2. The molecule has 0 saturated carbocycles. The molecule has 4 N–H and O–H groups in total. The molecule has 1 aliphatic heterocycles. The fraction of sp³-hybridized carbons (Fsp3) is 0.500. The number of aromatic amines is 1. The fourth-order valence-electron chi connectivity index (χ4n) is 3.16. The first-order valence-electron chi connectivity index (χ1n) is 8.76. The molecular formula is C16H21N7O4. The zero-order chi connectivity index (χ0) is 18.8. The third kappa shape index (κ3) is 3.56. The molecule has 1 unspecified atom stereocenters. The smallest absolute Gasteiger partial charge is 0.280 e. The molecule has 3 aromatic heterocycles. The number of aryl methyl sites for hydroxylation is 1. The number of nitrogens with zero attached hydrogens (tertiary/aromatic N) is 5. The van der Waals surface area contributed by atoms with E-state index in [0.717, 1.165) is 13.0 Å². The molecular weight excluding hydrogens is 354 g/mol. The van der Waals surface area contributed by atoms with Gasteiger partial charge in [0.1, 0.15) is 12.3 Å². The maximum absolute atomic E-state index is 12.3. The number of H-pyrrole nitrogens is 1. The van der Waals surface area contributed by atoms with Crippen LogP contribution in [0.5, 0.6) is 0 Å². The number of aliphatic hydroxyl groups excluding tert-OH is 2. The van der Waals surface area contributed by atoms with Gasteiger partial charge in [0.2, 0.25) is 5.95 Å². The van der Waals surface area contributed by atoms with E-state index >= 15 is 0 Å². The molecule has 0 bridgehead atoms. The van der Waals surface area contributed by atoms with Crippen molar-refractivity contribution in [2.75, 3.05) is 18.5 Å². The summed E-state index contributed by atoms with van der Waals surface area (Å²) in [5, 5.41) is 22.3. The van der Waals surface area contributed by atoms with E-state index in [2.05, 4.69) is 25.3 Å². The lowest BCUT2D eigenvalue weighted by molar-refractivity contribution is -0.0432. The molecule has 0 aromatic carbocycles. The minimum absolute atomic E-state index is 0.199. The molecule has 1 aliphatic rings. The number of fused-ring (bicyclic) bond motifs is 1. The van der Waals surface area contributed by atoms with Gasteiger partial charge in [-0.15, -0.1) is 0 Å². The number of anilines is 1. The highest BCUT2D eigenvalue weighted by Gasteiger charge is 2.35. The number of nitrogens with one attached hydrogen (secondary N) is 2. The van der Waals surface area contributed by atoms with Crippen LogP contribution < -0.4 is 10.9 Å². The SMILES string of the molecule is O=c1[nH]c(NCCCn2ccnc2)nc2c1ncn2[C@H]1CC(O)[C@@H](CO)O1. The van der Waals surface area contributed by atoms with Crippen molar-refractivity contribution < 1.29 is 14.9 Å². The van der Waals surface area contributed by atoms with E-state index in [0.29, 0.717) is 24.6 Å². The normalized spacial score (nSPS) is 22.5. The molecule has 3 atom stereocenters. The van der Waals surface area contributed by atoms with Crippen molar-refractivity contribution in [3.63, 3.8) is 0 Å². The van der Waals surface area contributed by atoms with Crippen LogP contribution in [0.15, 0.2) is 29.8 Å². The van der Waals surface area contributed by atoms with Gasteiger partial charge in [-0.1, -0.05) is 0 Å². The lowest BCUT2D eigenvalue weighted by atomic mass is 10.2. The van der Waals surface area contributed by atoms with Crippen LogP contribution in [0.4, 0.5) is 5.95 Å². The monoisotopic (exact) mass is 375 g/mol. The molecule has 0 aliphatic carbocycles. The third-order valence-electron chi connectivity index (χ3n) is 4.57. The molecule has 0 spiro atoms. The van der Waals surface area contributed by atoms with Crippen LogP contribution in [0.3, 0.4) is 0 Å². The average molecular weight is 375 g/mol. The maximum Gasteiger partial charge on any atom is 0.280 e. The second kappa shape index (κ2) is 7.47. The van der Waals surface area contributed by atoms with Crippen LogP contribution in [0.2, 0.25) is 0 Å². The number of aromatic nitrogens is 6. The van der Waals surface area contributed by atoms with Crippen LogP contribution in [0, 0.1) is 0 Å². The Balaban J connectivity index is 1.49. The highest BCUT2D eigenvalue weighted by atomic mass is 16.5. The summed E-state index contributed by atoms with van der Waals surface area (Å²) >= 11 is 0. The van der Waals surface area contributed by atoms with E-state index in [4.69, 9.17) is 4.74 Å². The van der Waals surface area contributed by atoms with Gasteiger partial charge in [0.15, 0.2) is 11.2 Å². The Kier molecular flexibility index (Phi) is 4.88. The summed E-state index contributed by atoms with van der Waals surface area (Å²) in [5.41, 5.74) is 0.212. The van der Waals surface area contributed by atoms with Gasteiger partial charge in [0.25, 0.3) is 5.56 Å². The van der Waals surface area contributed by atoms with Crippen molar-refractivity contribution in [3.05, 3.63) is 35.4 Å². The van der Waals surface area contributed by atoms with E-state index in [1.807, 2.05) is 10.8 Å². The Morgan fingerprint density at radius 2 is 2.30 bits per heavy atom. The number of imidazole rings is 2. The fourth-order valence-corrected chi connectivity index (χ4v) is 3.16. The maximum atomic E-state index is 12.3. The van der Waals surface area contributed by atoms with Gasteiger partial charge in [-0.25, -0.2) is 9.97 Å². The topological polar surface area (TPSA) is 143 Å². The van der Waals surface area contributed by atoms with Gasteiger partial charge in [0.05, 0.1) is 25.4 Å². The zero-order valence-corrected chi connectivity index (χ0v) is 14.5. The molecule has 11 nitrogen and oxygen atoms in total. The molecule has 0 radical (unpaired) electrons. The van der Waals surface area contributed by atoms with Crippen molar-refractivity contribution in [1.29, 1.82) is 0 Å². The van der Waals surface area contributed by atoms with Crippen molar-refractivity contribution >= 4 is 17.1 Å². The van der Waals surface area contributed by atoms with Gasteiger partial charge >= 0.3 is 0 Å². The van der Waals surface area contributed by atoms with Gasteiger partial charge in [-0.05, 0) is 6.42 Å². The number of hydrogen-bond donors (Lipinski definition) is 4. The predicted molar refractivity (Wildman–Crippen MR) is 95.1 cm³/mol. The van der Waals surface area contributed by atoms with Crippen molar-refractivity contribution in [2.45, 2.75) is 37.8 Å². The molecule has 3 aromatic rings. The number of rotatable bonds is 7. The molecule has 4 rings (SSSR count). The molecule has 0 amide bonds. The highest BCUT2D eigenvalue weighted by Crippen LogP contribution is 2.30. The van der Waals surface area contributed by atoms with Gasteiger partial charge in [0, 0.05) is 31.9 Å². The summed E-state index contributed by atoms with van der Waals surface area (Å²) in [6.45, 7) is 1.14. The molecule has 11 heteroatoms. The van der Waals surface area contributed by atoms with Crippen molar-refractivity contribution in [3.8, 4) is 0 Å². The Labute approximate surface area is 153 Å². The summed E-state index contributed by atoms with van der Waals surface area (Å²) in [7, 11) is 0. The third-order valence-corrected chi connectivity index (χ3v) is 4.57. The van der Waals surface area contributed by atoms with E-state index in [-0.39, 0.29) is 17.7 Å². The summed E-state index contributed by atoms with van der Waals surface area (Å²) in [6.07, 6.45) is 5.98. The van der Waals surface area contributed by atoms with Crippen LogP contribution in [-0.2, 0) is 11.3 Å². The van der Waals surface area contributed by atoms with Gasteiger partial charge in [-0.3, -0.25) is 14.3 Å². The first-order chi connectivity index (χ1) is 13.2. The molecule has 1 fully saturated rings. The number of hydrogen-bond acceptors (Lipinski definition) is 8. The van der Waals surface area contributed by atoms with E-state index in [9.17, 15) is 15.0 Å². The number of ether oxygens (including phenoxy) is 1. The van der Waals surface area contributed by atoms with E-state index in [1.54, 1.807) is 17.1 Å². The second-order valence-electron chi connectivity index (χ2n) is 6.43. The largest absolute Gasteiger partial charge is 0.394 e. The summed E-state index contributed by atoms with van der Waals surface area (Å²) in [6, 6.07) is 0. The van der Waals surface area contributed by atoms with Gasteiger partial charge < -0.3 is 24.8 Å². The minimum Gasteiger partial charge on any atom is -0.394 e. The van der Waals surface area contributed by atoms with Gasteiger partial charge in [-0.2, -0.15) is 4.98 Å². The summed E-state index contributed by atoms with van der Waals surface area (Å²) in [5.74, 6) is 0.345.